The van der Waals surface area contributed by atoms with Gasteiger partial charge in [-0.3, -0.25) is 0 Å². The summed E-state index contributed by atoms with van der Waals surface area (Å²) < 4.78 is 5.42. The molecule has 0 saturated carbocycles. The lowest BCUT2D eigenvalue weighted by molar-refractivity contribution is 0.338. The van der Waals surface area contributed by atoms with Gasteiger partial charge in [0.15, 0.2) is 0 Å². The predicted octanol–water partition coefficient (Wildman–Crippen LogP) is 3.36. The Labute approximate surface area is 78.3 Å². The zero-order valence-electron chi connectivity index (χ0n) is 7.65. The molecule has 2 heteroatoms. The van der Waals surface area contributed by atoms with Gasteiger partial charge < -0.3 is 4.74 Å². The Morgan fingerprint density at radius 2 is 2.00 bits per heavy atom. The van der Waals surface area contributed by atoms with E-state index in [1.165, 1.54) is 5.56 Å². The van der Waals surface area contributed by atoms with Gasteiger partial charge in [0, 0.05) is 0 Å². The van der Waals surface area contributed by atoms with Gasteiger partial charge in [-0.2, -0.15) is 0 Å². The summed E-state index contributed by atoms with van der Waals surface area (Å²) in [5.41, 5.74) is 2.34. The van der Waals surface area contributed by atoms with Gasteiger partial charge in [0.1, 0.15) is 5.75 Å². The van der Waals surface area contributed by atoms with Crippen molar-refractivity contribution in [2.75, 3.05) is 6.61 Å². The first-order valence-electron chi connectivity index (χ1n) is 4.05. The number of aryl methyl sites for hydroxylation is 1. The van der Waals surface area contributed by atoms with Crippen molar-refractivity contribution in [2.24, 2.45) is 0 Å². The van der Waals surface area contributed by atoms with E-state index in [4.69, 9.17) is 16.3 Å². The Hall–Kier alpha value is -0.690. The highest BCUT2D eigenvalue weighted by molar-refractivity contribution is 6.32. The van der Waals surface area contributed by atoms with Crippen molar-refractivity contribution >= 4 is 11.6 Å². The van der Waals surface area contributed by atoms with Crippen LogP contribution in [0.15, 0.2) is 12.1 Å². The molecule has 0 amide bonds. The van der Waals surface area contributed by atoms with Gasteiger partial charge in [-0.15, -0.1) is 0 Å². The quantitative estimate of drug-likeness (QED) is 0.685. The minimum Gasteiger partial charge on any atom is -0.492 e. The van der Waals surface area contributed by atoms with Gasteiger partial charge >= 0.3 is 0 Å². The maximum Gasteiger partial charge on any atom is 0.141 e. The third-order valence-electron chi connectivity index (χ3n) is 1.92. The average Bonchev–Trinajstić information content (AvgIpc) is 2.06. The molecule has 0 aliphatic carbocycles. The Bertz CT molecular complexity index is 281. The van der Waals surface area contributed by atoms with E-state index in [9.17, 15) is 0 Å². The van der Waals surface area contributed by atoms with Gasteiger partial charge in [-0.05, 0) is 38.0 Å². The van der Waals surface area contributed by atoms with Gasteiger partial charge in [0.05, 0.1) is 11.6 Å². The minimum atomic E-state index is 0.657. The van der Waals surface area contributed by atoms with Crippen molar-refractivity contribution in [1.29, 1.82) is 0 Å². The summed E-state index contributed by atoms with van der Waals surface area (Å²) in [4.78, 5) is 0. The molecule has 0 unspecified atom stereocenters. The molecule has 0 radical (unpaired) electrons. The highest BCUT2D eigenvalue weighted by Crippen LogP contribution is 2.30. The Morgan fingerprint density at radius 1 is 1.33 bits per heavy atom. The van der Waals surface area contributed by atoms with Crippen LogP contribution in [-0.4, -0.2) is 6.61 Å². The van der Waals surface area contributed by atoms with E-state index in [-0.39, 0.29) is 0 Å². The van der Waals surface area contributed by atoms with Crippen molar-refractivity contribution < 1.29 is 4.74 Å². The molecule has 1 rings (SSSR count). The highest BCUT2D eigenvalue weighted by Gasteiger charge is 2.06. The molecule has 0 atom stereocenters. The van der Waals surface area contributed by atoms with Crippen LogP contribution in [0.2, 0.25) is 5.02 Å². The van der Waals surface area contributed by atoms with Gasteiger partial charge in [0.2, 0.25) is 0 Å². The fraction of sp³-hybridized carbons (Fsp3) is 0.400. The van der Waals surface area contributed by atoms with Crippen molar-refractivity contribution in [3.63, 3.8) is 0 Å². The number of halogens is 1. The summed E-state index contributed by atoms with van der Waals surface area (Å²) >= 11 is 5.96. The van der Waals surface area contributed by atoms with Crippen LogP contribution < -0.4 is 4.74 Å². The largest absolute Gasteiger partial charge is 0.492 e. The zero-order valence-corrected chi connectivity index (χ0v) is 8.40. The van der Waals surface area contributed by atoms with Crippen LogP contribution in [-0.2, 0) is 0 Å². The van der Waals surface area contributed by atoms with Crippen molar-refractivity contribution in [1.82, 2.24) is 0 Å². The first kappa shape index (κ1) is 9.40. The van der Waals surface area contributed by atoms with Crippen LogP contribution in [0, 0.1) is 13.8 Å². The summed E-state index contributed by atoms with van der Waals surface area (Å²) in [5, 5.41) is 0.694. The standard InChI is InChI=1S/C10H13ClO/c1-4-12-10-8(3)7(2)5-6-9(10)11/h5-6H,4H2,1-3H3. The molecule has 0 heterocycles. The lowest BCUT2D eigenvalue weighted by atomic mass is 10.1. The van der Waals surface area contributed by atoms with E-state index in [1.54, 1.807) is 0 Å². The molecule has 0 N–H and O–H groups in total. The molecule has 0 fully saturated rings. The van der Waals surface area contributed by atoms with Gasteiger partial charge in [-0.1, -0.05) is 17.7 Å². The maximum absolute atomic E-state index is 5.96. The number of hydrogen-bond acceptors (Lipinski definition) is 1. The van der Waals surface area contributed by atoms with Crippen LogP contribution >= 0.6 is 11.6 Å². The molecular formula is C10H13ClO. The molecule has 0 aromatic heterocycles. The lowest BCUT2D eigenvalue weighted by Gasteiger charge is -2.10. The maximum atomic E-state index is 5.96. The van der Waals surface area contributed by atoms with Crippen molar-refractivity contribution in [3.05, 3.63) is 28.3 Å². The van der Waals surface area contributed by atoms with Crippen molar-refractivity contribution in [2.45, 2.75) is 20.8 Å². The summed E-state index contributed by atoms with van der Waals surface area (Å²) in [7, 11) is 0. The SMILES string of the molecule is CCOc1c(Cl)ccc(C)c1C. The van der Waals surface area contributed by atoms with E-state index >= 15 is 0 Å². The molecule has 0 aliphatic heterocycles. The van der Waals surface area contributed by atoms with E-state index in [2.05, 4.69) is 0 Å². The first-order valence-corrected chi connectivity index (χ1v) is 4.43. The fourth-order valence-corrected chi connectivity index (χ4v) is 1.34. The molecule has 1 nitrogen and oxygen atoms in total. The van der Waals surface area contributed by atoms with Crippen LogP contribution in [0.5, 0.6) is 5.75 Å². The van der Waals surface area contributed by atoms with E-state index in [0.717, 1.165) is 11.3 Å². The first-order chi connectivity index (χ1) is 5.66. The third kappa shape index (κ3) is 1.72. The summed E-state index contributed by atoms with van der Waals surface area (Å²) in [6.07, 6.45) is 0. The smallest absolute Gasteiger partial charge is 0.141 e. The predicted molar refractivity (Wildman–Crippen MR) is 52.1 cm³/mol. The Kier molecular flexibility index (Phi) is 2.99. The second-order valence-corrected chi connectivity index (χ2v) is 3.16. The number of hydrogen-bond donors (Lipinski definition) is 0. The monoisotopic (exact) mass is 184 g/mol. The van der Waals surface area contributed by atoms with Crippen LogP contribution in [0.1, 0.15) is 18.1 Å². The van der Waals surface area contributed by atoms with E-state index in [0.29, 0.717) is 11.6 Å². The van der Waals surface area contributed by atoms with Crippen molar-refractivity contribution in [3.8, 4) is 5.75 Å². The second-order valence-electron chi connectivity index (χ2n) is 2.75. The average molecular weight is 185 g/mol. The van der Waals surface area contributed by atoms with Gasteiger partial charge in [0.25, 0.3) is 0 Å². The number of rotatable bonds is 2. The van der Waals surface area contributed by atoms with E-state index in [1.807, 2.05) is 32.9 Å². The normalized spacial score (nSPS) is 10.0. The summed E-state index contributed by atoms with van der Waals surface area (Å²) in [5.74, 6) is 0.819. The zero-order chi connectivity index (χ0) is 9.14. The van der Waals surface area contributed by atoms with Crippen LogP contribution in [0.3, 0.4) is 0 Å². The van der Waals surface area contributed by atoms with Gasteiger partial charge in [-0.25, -0.2) is 0 Å². The molecule has 1 aromatic carbocycles. The Balaban J connectivity index is 3.14. The second kappa shape index (κ2) is 3.81. The number of ether oxygens (including phenoxy) is 1. The molecule has 12 heavy (non-hydrogen) atoms. The molecule has 0 bridgehead atoms. The van der Waals surface area contributed by atoms with Crippen LogP contribution in [0.4, 0.5) is 0 Å². The topological polar surface area (TPSA) is 9.23 Å². The molecular weight excluding hydrogens is 172 g/mol. The summed E-state index contributed by atoms with van der Waals surface area (Å²) in [6, 6.07) is 3.87. The molecule has 0 saturated heterocycles. The third-order valence-corrected chi connectivity index (χ3v) is 2.21. The molecule has 0 spiro atoms. The molecule has 0 aliphatic rings. The minimum absolute atomic E-state index is 0.657. The Morgan fingerprint density at radius 3 is 2.58 bits per heavy atom. The van der Waals surface area contributed by atoms with E-state index < -0.39 is 0 Å². The number of benzene rings is 1. The fourth-order valence-electron chi connectivity index (χ4n) is 1.08. The lowest BCUT2D eigenvalue weighted by Crippen LogP contribution is -1.96. The molecule has 1 aromatic rings. The summed E-state index contributed by atoms with van der Waals surface area (Å²) in [6.45, 7) is 6.68. The van der Waals surface area contributed by atoms with Crippen LogP contribution in [0.25, 0.3) is 0 Å². The highest BCUT2D eigenvalue weighted by atomic mass is 35.5. The molecule has 66 valence electrons.